The van der Waals surface area contributed by atoms with E-state index < -0.39 is 4.92 Å². The Labute approximate surface area is 128 Å². The van der Waals surface area contributed by atoms with Crippen LogP contribution in [0.1, 0.15) is 5.56 Å². The second-order valence-electron chi connectivity index (χ2n) is 4.73. The van der Waals surface area contributed by atoms with Crippen molar-refractivity contribution in [1.82, 2.24) is 0 Å². The highest BCUT2D eigenvalue weighted by atomic mass is 35.5. The van der Waals surface area contributed by atoms with E-state index in [9.17, 15) is 10.1 Å². The van der Waals surface area contributed by atoms with E-state index >= 15 is 0 Å². The molecular weight excluding hydrogens is 290 g/mol. The van der Waals surface area contributed by atoms with E-state index in [1.807, 2.05) is 42.3 Å². The summed E-state index contributed by atoms with van der Waals surface area (Å²) in [6.45, 7) is 0.616. The topological polar surface area (TPSA) is 58.4 Å². The predicted octanol–water partition coefficient (Wildman–Crippen LogP) is 3.93. The van der Waals surface area contributed by atoms with Gasteiger partial charge in [0.25, 0.3) is 5.69 Å². The van der Waals surface area contributed by atoms with Crippen LogP contribution in [0.5, 0.6) is 0 Å². The van der Waals surface area contributed by atoms with E-state index in [0.717, 1.165) is 11.3 Å². The maximum absolute atomic E-state index is 11.0. The van der Waals surface area contributed by atoms with Gasteiger partial charge in [0.15, 0.2) is 0 Å². The van der Waals surface area contributed by atoms with Crippen LogP contribution >= 0.6 is 11.6 Å². The number of nitro groups is 1. The molecule has 0 bridgehead atoms. The fourth-order valence-corrected chi connectivity index (χ4v) is 2.28. The van der Waals surface area contributed by atoms with Crippen LogP contribution in [0.3, 0.4) is 0 Å². The first-order chi connectivity index (χ1) is 9.99. The van der Waals surface area contributed by atoms with Crippen LogP contribution in [-0.4, -0.2) is 19.0 Å². The molecular formula is C15H16ClN3O2. The van der Waals surface area contributed by atoms with Gasteiger partial charge in [-0.05, 0) is 23.8 Å². The van der Waals surface area contributed by atoms with Gasteiger partial charge >= 0.3 is 0 Å². The molecule has 0 fully saturated rings. The lowest BCUT2D eigenvalue weighted by atomic mass is 10.2. The van der Waals surface area contributed by atoms with Gasteiger partial charge in [0, 0.05) is 49.2 Å². The summed E-state index contributed by atoms with van der Waals surface area (Å²) >= 11 is 5.97. The highest BCUT2D eigenvalue weighted by Crippen LogP contribution is 2.27. The summed E-state index contributed by atoms with van der Waals surface area (Å²) in [6.07, 6.45) is 0. The Balaban J connectivity index is 2.27. The second-order valence-corrected chi connectivity index (χ2v) is 5.17. The second kappa shape index (κ2) is 6.45. The first kappa shape index (κ1) is 15.1. The number of halogens is 1. The fourth-order valence-electron chi connectivity index (χ4n) is 2.07. The van der Waals surface area contributed by atoms with Gasteiger partial charge in [-0.1, -0.05) is 23.7 Å². The Hall–Kier alpha value is -2.27. The van der Waals surface area contributed by atoms with Crippen molar-refractivity contribution in [3.8, 4) is 0 Å². The number of rotatable bonds is 5. The average Bonchev–Trinajstić information content (AvgIpc) is 2.46. The van der Waals surface area contributed by atoms with Crippen molar-refractivity contribution in [1.29, 1.82) is 0 Å². The molecule has 0 atom stereocenters. The van der Waals surface area contributed by atoms with E-state index in [-0.39, 0.29) is 5.69 Å². The molecule has 0 aliphatic heterocycles. The molecule has 2 rings (SSSR count). The Morgan fingerprint density at radius 1 is 1.29 bits per heavy atom. The maximum Gasteiger partial charge on any atom is 0.273 e. The van der Waals surface area contributed by atoms with E-state index in [1.165, 1.54) is 6.07 Å². The SMILES string of the molecule is CNc1cc(N(C)Cc2cccc(Cl)c2)cc([N+](=O)[O-])c1. The first-order valence-corrected chi connectivity index (χ1v) is 6.80. The summed E-state index contributed by atoms with van der Waals surface area (Å²) in [7, 11) is 3.62. The molecule has 21 heavy (non-hydrogen) atoms. The Morgan fingerprint density at radius 2 is 2.05 bits per heavy atom. The van der Waals surface area contributed by atoms with Gasteiger partial charge in [-0.2, -0.15) is 0 Å². The summed E-state index contributed by atoms with van der Waals surface area (Å²) in [6, 6.07) is 12.5. The summed E-state index contributed by atoms with van der Waals surface area (Å²) in [5.74, 6) is 0. The highest BCUT2D eigenvalue weighted by molar-refractivity contribution is 6.30. The number of nitrogens with zero attached hydrogens (tertiary/aromatic N) is 2. The Kier molecular flexibility index (Phi) is 4.65. The summed E-state index contributed by atoms with van der Waals surface area (Å²) in [5.41, 5.74) is 2.59. The number of non-ortho nitro benzene ring substituents is 1. The Morgan fingerprint density at radius 3 is 2.67 bits per heavy atom. The van der Waals surface area contributed by atoms with Crippen molar-refractivity contribution in [3.63, 3.8) is 0 Å². The molecule has 0 aliphatic rings. The Bertz CT molecular complexity index is 661. The monoisotopic (exact) mass is 305 g/mol. The molecule has 6 heteroatoms. The van der Waals surface area contributed by atoms with E-state index in [1.54, 1.807) is 13.1 Å². The lowest BCUT2D eigenvalue weighted by Gasteiger charge is -2.20. The third kappa shape index (κ3) is 3.86. The van der Waals surface area contributed by atoms with Crippen LogP contribution in [0.2, 0.25) is 5.02 Å². The van der Waals surface area contributed by atoms with Gasteiger partial charge in [-0.15, -0.1) is 0 Å². The van der Waals surface area contributed by atoms with E-state index in [2.05, 4.69) is 5.32 Å². The largest absolute Gasteiger partial charge is 0.388 e. The highest BCUT2D eigenvalue weighted by Gasteiger charge is 2.12. The third-order valence-corrected chi connectivity index (χ3v) is 3.39. The van der Waals surface area contributed by atoms with Crippen LogP contribution in [-0.2, 0) is 6.54 Å². The average molecular weight is 306 g/mol. The van der Waals surface area contributed by atoms with Gasteiger partial charge in [-0.25, -0.2) is 0 Å². The van der Waals surface area contributed by atoms with E-state index in [4.69, 9.17) is 11.6 Å². The molecule has 0 radical (unpaired) electrons. The third-order valence-electron chi connectivity index (χ3n) is 3.15. The maximum atomic E-state index is 11.0. The molecule has 2 aromatic rings. The molecule has 0 aliphatic carbocycles. The molecule has 0 saturated heterocycles. The molecule has 0 saturated carbocycles. The van der Waals surface area contributed by atoms with Crippen molar-refractivity contribution in [3.05, 3.63) is 63.2 Å². The van der Waals surface area contributed by atoms with Gasteiger partial charge in [-0.3, -0.25) is 10.1 Å². The van der Waals surface area contributed by atoms with Crippen molar-refractivity contribution in [2.24, 2.45) is 0 Å². The number of nitrogens with one attached hydrogen (secondary N) is 1. The van der Waals surface area contributed by atoms with Crippen LogP contribution in [0, 0.1) is 10.1 Å². The van der Waals surface area contributed by atoms with Crippen LogP contribution in [0.25, 0.3) is 0 Å². The minimum Gasteiger partial charge on any atom is -0.388 e. The van der Waals surface area contributed by atoms with E-state index in [0.29, 0.717) is 17.3 Å². The quantitative estimate of drug-likeness (QED) is 0.672. The molecule has 2 aromatic carbocycles. The lowest BCUT2D eigenvalue weighted by Crippen LogP contribution is -2.16. The number of anilines is 2. The zero-order valence-electron chi connectivity index (χ0n) is 11.8. The van der Waals surface area contributed by atoms with Gasteiger partial charge in [0.1, 0.15) is 0 Å². The molecule has 0 unspecified atom stereocenters. The van der Waals surface area contributed by atoms with Gasteiger partial charge in [0.05, 0.1) is 4.92 Å². The molecule has 0 aromatic heterocycles. The summed E-state index contributed by atoms with van der Waals surface area (Å²) in [5, 5.41) is 14.6. The molecule has 1 N–H and O–H groups in total. The smallest absolute Gasteiger partial charge is 0.273 e. The fraction of sp³-hybridized carbons (Fsp3) is 0.200. The number of nitro benzene ring substituents is 1. The number of benzene rings is 2. The van der Waals surface area contributed by atoms with Crippen LogP contribution < -0.4 is 10.2 Å². The van der Waals surface area contributed by atoms with Crippen molar-refractivity contribution >= 4 is 28.7 Å². The minimum atomic E-state index is -0.391. The standard InChI is InChI=1S/C15H16ClN3O2/c1-17-13-7-14(9-15(8-13)19(20)21)18(2)10-11-4-3-5-12(16)6-11/h3-9,17H,10H2,1-2H3. The van der Waals surface area contributed by atoms with Crippen LogP contribution in [0.15, 0.2) is 42.5 Å². The molecule has 0 amide bonds. The summed E-state index contributed by atoms with van der Waals surface area (Å²) in [4.78, 5) is 12.5. The van der Waals surface area contributed by atoms with Gasteiger partial charge in [0.2, 0.25) is 0 Å². The number of hydrogen-bond acceptors (Lipinski definition) is 4. The summed E-state index contributed by atoms with van der Waals surface area (Å²) < 4.78 is 0. The van der Waals surface area contributed by atoms with Crippen molar-refractivity contribution < 1.29 is 4.92 Å². The predicted molar refractivity (Wildman–Crippen MR) is 86.2 cm³/mol. The molecule has 110 valence electrons. The first-order valence-electron chi connectivity index (χ1n) is 6.42. The zero-order valence-corrected chi connectivity index (χ0v) is 12.6. The van der Waals surface area contributed by atoms with Crippen molar-refractivity contribution in [2.45, 2.75) is 6.54 Å². The molecule has 0 heterocycles. The zero-order chi connectivity index (χ0) is 15.4. The van der Waals surface area contributed by atoms with Crippen LogP contribution in [0.4, 0.5) is 17.1 Å². The van der Waals surface area contributed by atoms with Crippen molar-refractivity contribution in [2.75, 3.05) is 24.3 Å². The van der Waals surface area contributed by atoms with Gasteiger partial charge < -0.3 is 10.2 Å². The minimum absolute atomic E-state index is 0.0646. The lowest BCUT2D eigenvalue weighted by molar-refractivity contribution is -0.384. The molecule has 0 spiro atoms. The normalized spacial score (nSPS) is 10.2. The number of hydrogen-bond donors (Lipinski definition) is 1. The molecule has 5 nitrogen and oxygen atoms in total.